The Balaban J connectivity index is 1.66. The molecule has 0 N–H and O–H groups in total. The molecule has 0 unspecified atom stereocenters. The molecule has 0 bridgehead atoms. The van der Waals surface area contributed by atoms with Gasteiger partial charge in [-0.3, -0.25) is 0 Å². The lowest BCUT2D eigenvalue weighted by atomic mass is 10.1. The van der Waals surface area contributed by atoms with Crippen LogP contribution in [0.4, 0.5) is 0 Å². The van der Waals surface area contributed by atoms with Crippen molar-refractivity contribution in [1.29, 1.82) is 0 Å². The fraction of sp³-hybridized carbons (Fsp3) is 0.455. The van der Waals surface area contributed by atoms with E-state index < -0.39 is 7.32 Å². The lowest BCUT2D eigenvalue weighted by Crippen LogP contribution is -2.37. The second-order valence-corrected chi connectivity index (χ2v) is 9.95. The maximum atomic E-state index is 6.18. The Kier molecular flexibility index (Phi) is 13.0. The first kappa shape index (κ1) is 28.7. The molecule has 0 atom stereocenters. The van der Waals surface area contributed by atoms with E-state index in [4.69, 9.17) is 14.0 Å². The molecule has 0 aliphatic carbocycles. The van der Waals surface area contributed by atoms with Gasteiger partial charge in [0.05, 0.1) is 0 Å². The number of hydrogen-bond donors (Lipinski definition) is 0. The zero-order valence-corrected chi connectivity index (χ0v) is 23.2. The molecule has 0 heterocycles. The van der Waals surface area contributed by atoms with Gasteiger partial charge in [0.1, 0.15) is 17.2 Å². The van der Waals surface area contributed by atoms with Crippen LogP contribution < -0.4 is 14.0 Å². The van der Waals surface area contributed by atoms with Gasteiger partial charge in [0.15, 0.2) is 0 Å². The van der Waals surface area contributed by atoms with Gasteiger partial charge in [0.2, 0.25) is 0 Å². The first-order valence-corrected chi connectivity index (χ1v) is 14.5. The van der Waals surface area contributed by atoms with Gasteiger partial charge in [0.25, 0.3) is 0 Å². The normalized spacial score (nSPS) is 10.8. The molecular weight excluding hydrogens is 455 g/mol. The predicted molar refractivity (Wildman–Crippen MR) is 157 cm³/mol. The van der Waals surface area contributed by atoms with Crippen LogP contribution in [0.5, 0.6) is 17.2 Å². The van der Waals surface area contributed by atoms with Crippen LogP contribution in [0, 0.1) is 0 Å². The maximum absolute atomic E-state index is 6.18. The molecule has 37 heavy (non-hydrogen) atoms. The Hall–Kier alpha value is -2.88. The first-order chi connectivity index (χ1) is 18.2. The SMILES string of the molecule is CCCCCc1ccc(OB(Oc2ccc(CCCCC)cc2)Oc2ccc(CCCCC)cc2)cc1. The molecule has 3 rings (SSSR count). The standard InChI is InChI=1S/C33H45BO3/c1-4-7-10-13-28-16-22-31(23-17-28)35-34(36-32-24-18-29(19-25-32)14-11-8-5-2)37-33-26-20-30(21-27-33)15-12-9-6-3/h16-27H,4-15H2,1-3H3. The predicted octanol–water partition coefficient (Wildman–Crippen LogP) is 9.41. The van der Waals surface area contributed by atoms with Crippen molar-refractivity contribution < 1.29 is 14.0 Å². The van der Waals surface area contributed by atoms with Gasteiger partial charge in [-0.15, -0.1) is 0 Å². The van der Waals surface area contributed by atoms with Crippen molar-refractivity contribution in [2.45, 2.75) is 97.8 Å². The van der Waals surface area contributed by atoms with Crippen LogP contribution in [0.2, 0.25) is 0 Å². The Morgan fingerprint density at radius 3 is 0.919 bits per heavy atom. The second kappa shape index (κ2) is 16.8. The van der Waals surface area contributed by atoms with Crippen LogP contribution >= 0.6 is 0 Å². The number of hydrogen-bond acceptors (Lipinski definition) is 3. The summed E-state index contributed by atoms with van der Waals surface area (Å²) in [5, 5.41) is 0. The number of benzene rings is 3. The summed E-state index contributed by atoms with van der Waals surface area (Å²) in [5.41, 5.74) is 3.99. The highest BCUT2D eigenvalue weighted by atomic mass is 16.7. The highest BCUT2D eigenvalue weighted by molar-refractivity contribution is 6.39. The molecule has 0 saturated carbocycles. The van der Waals surface area contributed by atoms with Crippen LogP contribution in [0.1, 0.15) is 95.2 Å². The van der Waals surface area contributed by atoms with Crippen LogP contribution in [-0.2, 0) is 19.3 Å². The fourth-order valence-electron chi connectivity index (χ4n) is 4.35. The summed E-state index contributed by atoms with van der Waals surface area (Å²) in [5.74, 6) is 2.20. The molecular formula is C33H45BO3. The molecule has 3 aromatic rings. The minimum absolute atomic E-state index is 0.733. The molecule has 0 radical (unpaired) electrons. The third kappa shape index (κ3) is 11.0. The molecule has 0 aliphatic rings. The molecule has 0 amide bonds. The van der Waals surface area contributed by atoms with Crippen molar-refractivity contribution in [3.8, 4) is 17.2 Å². The lowest BCUT2D eigenvalue weighted by molar-refractivity contribution is 0.307. The molecule has 0 spiro atoms. The Morgan fingerprint density at radius 2 is 0.676 bits per heavy atom. The minimum atomic E-state index is -0.886. The van der Waals surface area contributed by atoms with Gasteiger partial charge >= 0.3 is 7.32 Å². The van der Waals surface area contributed by atoms with E-state index in [-0.39, 0.29) is 0 Å². The van der Waals surface area contributed by atoms with Crippen molar-refractivity contribution in [2.24, 2.45) is 0 Å². The molecule has 0 saturated heterocycles. The highest BCUT2D eigenvalue weighted by Crippen LogP contribution is 2.21. The highest BCUT2D eigenvalue weighted by Gasteiger charge is 2.30. The summed E-state index contributed by atoms with van der Waals surface area (Å²) in [6.07, 6.45) is 14.4. The molecule has 0 fully saturated rings. The van der Waals surface area contributed by atoms with E-state index in [1.807, 2.05) is 36.4 Å². The summed E-state index contributed by atoms with van der Waals surface area (Å²) < 4.78 is 18.5. The third-order valence-electron chi connectivity index (χ3n) is 6.67. The van der Waals surface area contributed by atoms with Gasteiger partial charge in [-0.25, -0.2) is 0 Å². The van der Waals surface area contributed by atoms with Crippen LogP contribution in [-0.4, -0.2) is 7.32 Å². The smallest absolute Gasteiger partial charge is 0.490 e. The topological polar surface area (TPSA) is 27.7 Å². The molecule has 3 aromatic carbocycles. The Morgan fingerprint density at radius 1 is 0.405 bits per heavy atom. The lowest BCUT2D eigenvalue weighted by Gasteiger charge is -2.17. The number of unbranched alkanes of at least 4 members (excludes halogenated alkanes) is 6. The van der Waals surface area contributed by atoms with Crippen molar-refractivity contribution >= 4 is 7.32 Å². The number of aryl methyl sites for hydroxylation is 3. The summed E-state index contributed by atoms with van der Waals surface area (Å²) in [7, 11) is -0.886. The maximum Gasteiger partial charge on any atom is 0.864 e. The largest absolute Gasteiger partial charge is 0.864 e. The van der Waals surface area contributed by atoms with Gasteiger partial charge in [0, 0.05) is 0 Å². The van der Waals surface area contributed by atoms with Gasteiger partial charge in [-0.05, 0) is 91.6 Å². The van der Waals surface area contributed by atoms with E-state index in [0.717, 1.165) is 36.5 Å². The van der Waals surface area contributed by atoms with E-state index in [1.165, 1.54) is 74.5 Å². The Labute approximate surface area is 225 Å². The average molecular weight is 501 g/mol. The van der Waals surface area contributed by atoms with Gasteiger partial charge in [-0.1, -0.05) is 95.7 Å². The van der Waals surface area contributed by atoms with E-state index in [2.05, 4.69) is 57.2 Å². The summed E-state index contributed by atoms with van der Waals surface area (Å²) in [4.78, 5) is 0. The third-order valence-corrected chi connectivity index (χ3v) is 6.67. The van der Waals surface area contributed by atoms with E-state index in [0.29, 0.717) is 0 Å². The molecule has 198 valence electrons. The molecule has 0 aromatic heterocycles. The van der Waals surface area contributed by atoms with Crippen LogP contribution in [0.25, 0.3) is 0 Å². The van der Waals surface area contributed by atoms with E-state index in [1.54, 1.807) is 0 Å². The quantitative estimate of drug-likeness (QED) is 0.129. The van der Waals surface area contributed by atoms with Crippen LogP contribution in [0.3, 0.4) is 0 Å². The first-order valence-electron chi connectivity index (χ1n) is 14.5. The van der Waals surface area contributed by atoms with E-state index in [9.17, 15) is 0 Å². The average Bonchev–Trinajstić information content (AvgIpc) is 2.92. The zero-order valence-electron chi connectivity index (χ0n) is 23.2. The monoisotopic (exact) mass is 500 g/mol. The molecule has 0 aliphatic heterocycles. The minimum Gasteiger partial charge on any atom is -0.490 e. The van der Waals surface area contributed by atoms with Crippen molar-refractivity contribution in [1.82, 2.24) is 0 Å². The summed E-state index contributed by atoms with van der Waals surface area (Å²) in [6.45, 7) is 6.70. The van der Waals surface area contributed by atoms with Gasteiger partial charge < -0.3 is 14.0 Å². The van der Waals surface area contributed by atoms with Crippen LogP contribution in [0.15, 0.2) is 72.8 Å². The fourth-order valence-corrected chi connectivity index (χ4v) is 4.35. The van der Waals surface area contributed by atoms with Crippen molar-refractivity contribution in [3.05, 3.63) is 89.5 Å². The van der Waals surface area contributed by atoms with E-state index >= 15 is 0 Å². The van der Waals surface area contributed by atoms with Crippen molar-refractivity contribution in [2.75, 3.05) is 0 Å². The van der Waals surface area contributed by atoms with Crippen molar-refractivity contribution in [3.63, 3.8) is 0 Å². The zero-order chi connectivity index (χ0) is 26.1. The van der Waals surface area contributed by atoms with Gasteiger partial charge in [-0.2, -0.15) is 0 Å². The number of rotatable bonds is 18. The second-order valence-electron chi connectivity index (χ2n) is 9.95. The summed E-state index contributed by atoms with van der Waals surface area (Å²) >= 11 is 0. The molecule has 3 nitrogen and oxygen atoms in total. The summed E-state index contributed by atoms with van der Waals surface area (Å²) in [6, 6.07) is 24.9. The Bertz CT molecular complexity index is 852. The molecule has 4 heteroatoms.